The fourth-order valence-electron chi connectivity index (χ4n) is 2.16. The van der Waals surface area contributed by atoms with Crippen molar-refractivity contribution in [1.29, 1.82) is 0 Å². The molecule has 2 aromatic rings. The average Bonchev–Trinajstić information content (AvgIpc) is 2.72. The largest absolute Gasteiger partial charge is 0.309 e. The summed E-state index contributed by atoms with van der Waals surface area (Å²) in [6.07, 6.45) is 0.860. The molecule has 0 aliphatic rings. The van der Waals surface area contributed by atoms with Crippen molar-refractivity contribution in [3.63, 3.8) is 0 Å². The van der Waals surface area contributed by atoms with Crippen molar-refractivity contribution in [3.05, 3.63) is 54.3 Å². The second kappa shape index (κ2) is 7.16. The first-order valence-electron chi connectivity index (χ1n) is 6.44. The molecular formula is C15H16Br2FNS. The molecule has 0 spiro atoms. The van der Waals surface area contributed by atoms with Crippen LogP contribution in [0.1, 0.15) is 29.0 Å². The Kier molecular flexibility index (Phi) is 5.78. The Morgan fingerprint density at radius 1 is 1.30 bits per heavy atom. The van der Waals surface area contributed by atoms with Gasteiger partial charge in [-0.25, -0.2) is 4.39 Å². The molecule has 0 amide bonds. The summed E-state index contributed by atoms with van der Waals surface area (Å²) in [5.74, 6) is -0.173. The van der Waals surface area contributed by atoms with Crippen LogP contribution >= 0.6 is 43.2 Å². The zero-order chi connectivity index (χ0) is 14.7. The first-order valence-corrected chi connectivity index (χ1v) is 8.84. The van der Waals surface area contributed by atoms with Crippen LogP contribution in [0.5, 0.6) is 0 Å². The lowest BCUT2D eigenvalue weighted by molar-refractivity contribution is 0.555. The van der Waals surface area contributed by atoms with E-state index in [2.05, 4.69) is 50.2 Å². The second-order valence-electron chi connectivity index (χ2n) is 4.66. The molecule has 1 heterocycles. The minimum Gasteiger partial charge on any atom is -0.309 e. The Morgan fingerprint density at radius 3 is 2.60 bits per heavy atom. The van der Waals surface area contributed by atoms with Crippen molar-refractivity contribution in [3.8, 4) is 0 Å². The molecule has 1 nitrogen and oxygen atoms in total. The van der Waals surface area contributed by atoms with Crippen LogP contribution in [0, 0.1) is 12.7 Å². The molecule has 1 unspecified atom stereocenters. The lowest BCUT2D eigenvalue weighted by atomic mass is 10.00. The van der Waals surface area contributed by atoms with Gasteiger partial charge in [0.25, 0.3) is 0 Å². The number of benzene rings is 1. The van der Waals surface area contributed by atoms with Crippen molar-refractivity contribution in [1.82, 2.24) is 5.32 Å². The summed E-state index contributed by atoms with van der Waals surface area (Å²) in [6, 6.07) is 7.40. The van der Waals surface area contributed by atoms with Crippen molar-refractivity contribution < 1.29 is 4.39 Å². The molecule has 0 saturated carbocycles. The van der Waals surface area contributed by atoms with Gasteiger partial charge in [-0.1, -0.05) is 13.0 Å². The van der Waals surface area contributed by atoms with Gasteiger partial charge in [0.05, 0.1) is 3.79 Å². The summed E-state index contributed by atoms with van der Waals surface area (Å²) in [7, 11) is 0. The molecule has 0 radical (unpaired) electrons. The van der Waals surface area contributed by atoms with Gasteiger partial charge in [-0.3, -0.25) is 0 Å². The highest BCUT2D eigenvalue weighted by molar-refractivity contribution is 9.13. The second-order valence-corrected chi connectivity index (χ2v) is 7.91. The number of hydrogen-bond donors (Lipinski definition) is 1. The third-order valence-electron chi connectivity index (χ3n) is 3.19. The van der Waals surface area contributed by atoms with E-state index in [4.69, 9.17) is 0 Å². The number of likely N-dealkylation sites (N-methyl/N-ethyl adjacent to an activating group) is 1. The molecule has 0 bridgehead atoms. The minimum absolute atomic E-state index is 0.173. The van der Waals surface area contributed by atoms with Crippen LogP contribution in [-0.2, 0) is 6.42 Å². The van der Waals surface area contributed by atoms with Crippen LogP contribution in [0.3, 0.4) is 0 Å². The van der Waals surface area contributed by atoms with Gasteiger partial charge in [0.2, 0.25) is 0 Å². The molecule has 1 aromatic carbocycles. The van der Waals surface area contributed by atoms with Gasteiger partial charge >= 0.3 is 0 Å². The van der Waals surface area contributed by atoms with Crippen LogP contribution < -0.4 is 5.32 Å². The molecule has 0 aliphatic heterocycles. The van der Waals surface area contributed by atoms with E-state index in [1.807, 2.05) is 13.0 Å². The standard InChI is InChI=1S/C15H16Br2FNS/c1-3-19-13(14-8-12(16)15(17)20-14)7-10-4-5-11(18)6-9(10)2/h4-6,8,13,19H,3,7H2,1-2H3. The number of nitrogens with one attached hydrogen (secondary N) is 1. The predicted octanol–water partition coefficient (Wildman–Crippen LogP) is 5.61. The van der Waals surface area contributed by atoms with E-state index in [1.54, 1.807) is 17.4 Å². The molecule has 0 saturated heterocycles. The van der Waals surface area contributed by atoms with E-state index >= 15 is 0 Å². The lowest BCUT2D eigenvalue weighted by Crippen LogP contribution is -2.22. The highest BCUT2D eigenvalue weighted by atomic mass is 79.9. The van der Waals surface area contributed by atoms with Gasteiger partial charge < -0.3 is 5.32 Å². The zero-order valence-electron chi connectivity index (χ0n) is 11.3. The summed E-state index contributed by atoms with van der Waals surface area (Å²) < 4.78 is 15.4. The van der Waals surface area contributed by atoms with Gasteiger partial charge in [-0.05, 0) is 81.1 Å². The normalized spacial score (nSPS) is 12.7. The molecule has 5 heteroatoms. The van der Waals surface area contributed by atoms with Crippen LogP contribution in [0.4, 0.5) is 4.39 Å². The monoisotopic (exact) mass is 419 g/mol. The van der Waals surface area contributed by atoms with Crippen LogP contribution in [0.2, 0.25) is 0 Å². The first-order chi connectivity index (χ1) is 9.51. The molecular weight excluding hydrogens is 405 g/mol. The van der Waals surface area contributed by atoms with Crippen molar-refractivity contribution in [2.75, 3.05) is 6.54 Å². The first kappa shape index (κ1) is 16.1. The molecule has 1 atom stereocenters. The Balaban J connectivity index is 2.25. The van der Waals surface area contributed by atoms with Gasteiger partial charge in [0.1, 0.15) is 5.82 Å². The fraction of sp³-hybridized carbons (Fsp3) is 0.333. The summed E-state index contributed by atoms with van der Waals surface area (Å²) in [5, 5.41) is 3.50. The van der Waals surface area contributed by atoms with Crippen LogP contribution in [0.25, 0.3) is 0 Å². The summed E-state index contributed by atoms with van der Waals surface area (Å²) >= 11 is 8.79. The van der Waals surface area contributed by atoms with E-state index < -0.39 is 0 Å². The number of thiophene rings is 1. The van der Waals surface area contributed by atoms with Crippen LogP contribution in [-0.4, -0.2) is 6.54 Å². The maximum Gasteiger partial charge on any atom is 0.123 e. The summed E-state index contributed by atoms with van der Waals surface area (Å²) in [4.78, 5) is 1.27. The van der Waals surface area contributed by atoms with Crippen LogP contribution in [0.15, 0.2) is 32.5 Å². The third-order valence-corrected chi connectivity index (χ3v) is 6.56. The van der Waals surface area contributed by atoms with Crippen molar-refractivity contribution >= 4 is 43.2 Å². The van der Waals surface area contributed by atoms with E-state index in [-0.39, 0.29) is 11.9 Å². The molecule has 1 N–H and O–H groups in total. The SMILES string of the molecule is CCNC(Cc1ccc(F)cc1C)c1cc(Br)c(Br)s1. The topological polar surface area (TPSA) is 12.0 Å². The third kappa shape index (κ3) is 3.91. The Morgan fingerprint density at radius 2 is 2.05 bits per heavy atom. The average molecular weight is 421 g/mol. The molecule has 108 valence electrons. The molecule has 0 fully saturated rings. The maximum atomic E-state index is 13.2. The number of halogens is 3. The zero-order valence-corrected chi connectivity index (χ0v) is 15.3. The summed E-state index contributed by atoms with van der Waals surface area (Å²) in [6.45, 7) is 4.96. The fourth-order valence-corrected chi connectivity index (χ4v) is 4.33. The molecule has 1 aromatic heterocycles. The van der Waals surface area contributed by atoms with E-state index in [9.17, 15) is 4.39 Å². The van der Waals surface area contributed by atoms with Gasteiger partial charge in [-0.15, -0.1) is 11.3 Å². The lowest BCUT2D eigenvalue weighted by Gasteiger charge is -2.17. The number of rotatable bonds is 5. The molecule has 0 aliphatic carbocycles. The number of aryl methyl sites for hydroxylation is 1. The minimum atomic E-state index is -0.173. The quantitative estimate of drug-likeness (QED) is 0.662. The smallest absolute Gasteiger partial charge is 0.123 e. The van der Waals surface area contributed by atoms with Crippen molar-refractivity contribution in [2.24, 2.45) is 0 Å². The maximum absolute atomic E-state index is 13.2. The van der Waals surface area contributed by atoms with E-state index in [1.165, 1.54) is 16.5 Å². The predicted molar refractivity (Wildman–Crippen MR) is 91.0 cm³/mol. The van der Waals surface area contributed by atoms with Gasteiger partial charge in [0, 0.05) is 15.4 Å². The highest BCUT2D eigenvalue weighted by Gasteiger charge is 2.16. The van der Waals surface area contributed by atoms with E-state index in [0.717, 1.165) is 26.8 Å². The Labute approximate surface area is 139 Å². The Hall–Kier alpha value is -0.230. The molecule has 2 rings (SSSR count). The number of hydrogen-bond acceptors (Lipinski definition) is 2. The Bertz CT molecular complexity index is 578. The molecule has 20 heavy (non-hydrogen) atoms. The van der Waals surface area contributed by atoms with Gasteiger partial charge in [-0.2, -0.15) is 0 Å². The van der Waals surface area contributed by atoms with Crippen molar-refractivity contribution in [2.45, 2.75) is 26.3 Å². The summed E-state index contributed by atoms with van der Waals surface area (Å²) in [5.41, 5.74) is 2.18. The van der Waals surface area contributed by atoms with E-state index in [0.29, 0.717) is 0 Å². The highest BCUT2D eigenvalue weighted by Crippen LogP contribution is 2.36. The van der Waals surface area contributed by atoms with Gasteiger partial charge in [0.15, 0.2) is 0 Å².